The minimum atomic E-state index is -0.213. The highest BCUT2D eigenvalue weighted by molar-refractivity contribution is 9.10. The molecule has 0 bridgehead atoms. The topological polar surface area (TPSA) is 38.0 Å². The predicted molar refractivity (Wildman–Crippen MR) is 79.8 cm³/mol. The molecule has 1 aliphatic carbocycles. The molecule has 0 aliphatic heterocycles. The van der Waals surface area contributed by atoms with Crippen molar-refractivity contribution in [3.8, 4) is 0 Å². The van der Waals surface area contributed by atoms with Gasteiger partial charge in [-0.3, -0.25) is 11.3 Å². The van der Waals surface area contributed by atoms with Crippen LogP contribution in [-0.4, -0.2) is 0 Å². The highest BCUT2D eigenvalue weighted by Gasteiger charge is 2.31. The summed E-state index contributed by atoms with van der Waals surface area (Å²) >= 11 is 3.51. The van der Waals surface area contributed by atoms with Crippen LogP contribution >= 0.6 is 15.9 Å². The quantitative estimate of drug-likeness (QED) is 0.645. The molecule has 1 aromatic carbocycles. The molecule has 0 saturated heterocycles. The van der Waals surface area contributed by atoms with Crippen LogP contribution in [0.5, 0.6) is 0 Å². The van der Waals surface area contributed by atoms with Crippen LogP contribution < -0.4 is 11.3 Å². The lowest BCUT2D eigenvalue weighted by molar-refractivity contribution is 0.176. The van der Waals surface area contributed by atoms with Gasteiger partial charge in [-0.15, -0.1) is 0 Å². The van der Waals surface area contributed by atoms with E-state index in [0.29, 0.717) is 17.8 Å². The monoisotopic (exact) mass is 328 g/mol. The van der Waals surface area contributed by atoms with Gasteiger partial charge in [0.25, 0.3) is 0 Å². The number of rotatable bonds is 3. The first kappa shape index (κ1) is 14.9. The lowest BCUT2D eigenvalue weighted by Crippen LogP contribution is -2.37. The Morgan fingerprint density at radius 2 is 1.89 bits per heavy atom. The predicted octanol–water partition coefficient (Wildman–Crippen LogP) is 4.16. The van der Waals surface area contributed by atoms with E-state index in [1.165, 1.54) is 12.5 Å². The van der Waals surface area contributed by atoms with Crippen molar-refractivity contribution in [3.63, 3.8) is 0 Å². The van der Waals surface area contributed by atoms with E-state index >= 15 is 0 Å². The summed E-state index contributed by atoms with van der Waals surface area (Å²) in [7, 11) is 0. The molecule has 1 aliphatic rings. The number of hydrogen-bond acceptors (Lipinski definition) is 2. The molecule has 1 fully saturated rings. The van der Waals surface area contributed by atoms with E-state index in [-0.39, 0.29) is 11.9 Å². The third-order valence-electron chi connectivity index (χ3n) is 4.16. The number of halogens is 2. The van der Waals surface area contributed by atoms with Crippen LogP contribution in [0.2, 0.25) is 0 Å². The van der Waals surface area contributed by atoms with Crippen molar-refractivity contribution in [3.05, 3.63) is 34.1 Å². The second-order valence-corrected chi connectivity index (χ2v) is 6.84. The molecule has 3 N–H and O–H groups in total. The number of benzene rings is 1. The third-order valence-corrected chi connectivity index (χ3v) is 4.88. The average molecular weight is 329 g/mol. The van der Waals surface area contributed by atoms with E-state index in [1.54, 1.807) is 12.1 Å². The van der Waals surface area contributed by atoms with Gasteiger partial charge in [0.15, 0.2) is 0 Å². The Morgan fingerprint density at radius 1 is 1.26 bits per heavy atom. The van der Waals surface area contributed by atoms with Crippen molar-refractivity contribution in [1.29, 1.82) is 0 Å². The lowest BCUT2D eigenvalue weighted by Gasteiger charge is -2.36. The van der Waals surface area contributed by atoms with Gasteiger partial charge < -0.3 is 0 Å². The van der Waals surface area contributed by atoms with E-state index in [4.69, 9.17) is 5.84 Å². The van der Waals surface area contributed by atoms with Crippen LogP contribution in [0.25, 0.3) is 0 Å². The molecule has 0 spiro atoms. The summed E-state index contributed by atoms with van der Waals surface area (Å²) in [6.07, 6.45) is 3.56. The normalized spacial score (nSPS) is 29.2. The van der Waals surface area contributed by atoms with Gasteiger partial charge in [0.1, 0.15) is 5.82 Å². The second kappa shape index (κ2) is 6.33. The maximum atomic E-state index is 13.5. The van der Waals surface area contributed by atoms with Gasteiger partial charge in [-0.1, -0.05) is 29.8 Å². The molecule has 19 heavy (non-hydrogen) atoms. The Bertz CT molecular complexity index is 428. The molecule has 4 heteroatoms. The van der Waals surface area contributed by atoms with Crippen LogP contribution in [0.4, 0.5) is 4.39 Å². The maximum absolute atomic E-state index is 13.5. The molecule has 2 rings (SSSR count). The SMILES string of the molecule is CC1CC(C)CC(C(NN)c2cc(F)ccc2Br)C1. The Hall–Kier alpha value is -0.450. The molecular weight excluding hydrogens is 307 g/mol. The first-order chi connectivity index (χ1) is 9.01. The molecule has 0 aromatic heterocycles. The number of hydrogen-bond donors (Lipinski definition) is 2. The maximum Gasteiger partial charge on any atom is 0.123 e. The number of hydrazine groups is 1. The average Bonchev–Trinajstić information content (AvgIpc) is 2.33. The third kappa shape index (κ3) is 3.56. The molecular formula is C15H22BrFN2. The van der Waals surface area contributed by atoms with Gasteiger partial charge in [-0.05, 0) is 60.8 Å². The molecule has 0 radical (unpaired) electrons. The Balaban J connectivity index is 2.26. The highest BCUT2D eigenvalue weighted by atomic mass is 79.9. The van der Waals surface area contributed by atoms with Gasteiger partial charge in [-0.25, -0.2) is 4.39 Å². The van der Waals surface area contributed by atoms with Crippen LogP contribution in [0.3, 0.4) is 0 Å². The summed E-state index contributed by atoms with van der Waals surface area (Å²) in [6.45, 7) is 4.58. The summed E-state index contributed by atoms with van der Waals surface area (Å²) in [6, 6.07) is 4.81. The fourth-order valence-electron chi connectivity index (χ4n) is 3.51. The molecule has 0 amide bonds. The molecule has 3 atom stereocenters. The number of nitrogens with one attached hydrogen (secondary N) is 1. The first-order valence-corrected chi connectivity index (χ1v) is 7.71. The van der Waals surface area contributed by atoms with Crippen molar-refractivity contribution in [2.24, 2.45) is 23.6 Å². The standard InChI is InChI=1S/C15H22BrFN2/c1-9-5-10(2)7-11(6-9)15(19-18)13-8-12(17)3-4-14(13)16/h3-4,8-11,15,19H,5-7,18H2,1-2H3. The van der Waals surface area contributed by atoms with E-state index < -0.39 is 0 Å². The van der Waals surface area contributed by atoms with Crippen molar-refractivity contribution in [2.45, 2.75) is 39.2 Å². The highest BCUT2D eigenvalue weighted by Crippen LogP contribution is 2.41. The van der Waals surface area contributed by atoms with E-state index in [2.05, 4.69) is 35.2 Å². The van der Waals surface area contributed by atoms with Crippen LogP contribution in [0.1, 0.15) is 44.7 Å². The molecule has 1 aromatic rings. The summed E-state index contributed by atoms with van der Waals surface area (Å²) < 4.78 is 14.4. The minimum absolute atomic E-state index is 0.00951. The van der Waals surface area contributed by atoms with Gasteiger partial charge in [0, 0.05) is 4.47 Å². The van der Waals surface area contributed by atoms with Crippen molar-refractivity contribution in [2.75, 3.05) is 0 Å². The Kier molecular flexibility index (Phi) is 4.98. The molecule has 2 nitrogen and oxygen atoms in total. The fraction of sp³-hybridized carbons (Fsp3) is 0.600. The number of nitrogens with two attached hydrogens (primary N) is 1. The van der Waals surface area contributed by atoms with E-state index in [9.17, 15) is 4.39 Å². The smallest absolute Gasteiger partial charge is 0.123 e. The molecule has 3 unspecified atom stereocenters. The zero-order valence-electron chi connectivity index (χ0n) is 11.5. The Morgan fingerprint density at radius 3 is 2.47 bits per heavy atom. The summed E-state index contributed by atoms with van der Waals surface area (Å²) in [4.78, 5) is 0. The fourth-order valence-corrected chi connectivity index (χ4v) is 4.01. The molecule has 106 valence electrons. The van der Waals surface area contributed by atoms with Gasteiger partial charge in [0.05, 0.1) is 6.04 Å². The summed E-state index contributed by atoms with van der Waals surface area (Å²) in [5, 5.41) is 0. The summed E-state index contributed by atoms with van der Waals surface area (Å²) in [5.41, 5.74) is 3.83. The minimum Gasteiger partial charge on any atom is -0.271 e. The first-order valence-electron chi connectivity index (χ1n) is 6.92. The van der Waals surface area contributed by atoms with Gasteiger partial charge >= 0.3 is 0 Å². The van der Waals surface area contributed by atoms with Crippen LogP contribution in [0, 0.1) is 23.6 Å². The van der Waals surface area contributed by atoms with E-state index in [0.717, 1.165) is 22.9 Å². The Labute approximate surface area is 123 Å². The van der Waals surface area contributed by atoms with Gasteiger partial charge in [-0.2, -0.15) is 0 Å². The van der Waals surface area contributed by atoms with Crippen LogP contribution in [-0.2, 0) is 0 Å². The summed E-state index contributed by atoms with van der Waals surface area (Å²) in [5.74, 6) is 7.41. The zero-order valence-corrected chi connectivity index (χ0v) is 13.1. The van der Waals surface area contributed by atoms with Gasteiger partial charge in [0.2, 0.25) is 0 Å². The van der Waals surface area contributed by atoms with Crippen molar-refractivity contribution < 1.29 is 4.39 Å². The van der Waals surface area contributed by atoms with Crippen LogP contribution in [0.15, 0.2) is 22.7 Å². The molecule has 0 heterocycles. The van der Waals surface area contributed by atoms with Crippen molar-refractivity contribution >= 4 is 15.9 Å². The zero-order chi connectivity index (χ0) is 14.0. The van der Waals surface area contributed by atoms with Crippen molar-refractivity contribution in [1.82, 2.24) is 5.43 Å². The van der Waals surface area contributed by atoms with E-state index in [1.807, 2.05) is 0 Å². The largest absolute Gasteiger partial charge is 0.271 e. The second-order valence-electron chi connectivity index (χ2n) is 5.99. The lowest BCUT2D eigenvalue weighted by atomic mass is 9.72. The molecule has 1 saturated carbocycles.